The summed E-state index contributed by atoms with van der Waals surface area (Å²) < 4.78 is 5.45. The van der Waals surface area contributed by atoms with Gasteiger partial charge in [-0.3, -0.25) is 4.90 Å². The van der Waals surface area contributed by atoms with Gasteiger partial charge in [0.05, 0.1) is 30.9 Å². The molecule has 3 rings (SSSR count). The Morgan fingerprint density at radius 1 is 1.05 bits per heavy atom. The van der Waals surface area contributed by atoms with Crippen molar-refractivity contribution in [3.05, 3.63) is 46.6 Å². The minimum atomic E-state index is 0.612. The van der Waals surface area contributed by atoms with Crippen LogP contribution in [0.5, 0.6) is 5.75 Å². The lowest BCUT2D eigenvalue weighted by Crippen LogP contribution is -2.48. The van der Waals surface area contributed by atoms with Gasteiger partial charge in [-0.05, 0) is 18.2 Å². The molecule has 1 N–H and O–H groups in total. The highest BCUT2D eigenvalue weighted by Gasteiger charge is 2.26. The predicted molar refractivity (Wildman–Crippen MR) is 90.4 cm³/mol. The number of benzene rings is 1. The van der Waals surface area contributed by atoms with Gasteiger partial charge >= 0.3 is 0 Å². The molecule has 0 atom stereocenters. The van der Waals surface area contributed by atoms with E-state index in [9.17, 15) is 0 Å². The summed E-state index contributed by atoms with van der Waals surface area (Å²) in [5, 5.41) is 1.26. The molecule has 1 fully saturated rings. The summed E-state index contributed by atoms with van der Waals surface area (Å²) in [6, 6.07) is 9.87. The number of methoxy groups -OCH3 is 1. The van der Waals surface area contributed by atoms with Gasteiger partial charge in [-0.15, -0.1) is 0 Å². The predicted octanol–water partition coefficient (Wildman–Crippen LogP) is 3.14. The van der Waals surface area contributed by atoms with E-state index in [2.05, 4.69) is 20.9 Å². The van der Waals surface area contributed by atoms with Gasteiger partial charge in [-0.25, -0.2) is 4.98 Å². The van der Waals surface area contributed by atoms with E-state index in [0.29, 0.717) is 10.0 Å². The maximum absolute atomic E-state index is 6.27. The quantitative estimate of drug-likeness (QED) is 0.861. The summed E-state index contributed by atoms with van der Waals surface area (Å²) in [5.74, 6) is 1.83. The molecule has 1 aliphatic rings. The van der Waals surface area contributed by atoms with E-state index >= 15 is 0 Å². The maximum Gasteiger partial charge on any atom is 0.293 e. The molecular weight excluding hydrogens is 321 g/mol. The lowest BCUT2D eigenvalue weighted by molar-refractivity contribution is -0.363. The SMILES string of the molecule is COc1ccccc1N1CCN(c2[nH+]cc(Cl)cc2Cl)CC1. The number of nitrogens with zero attached hydrogens (tertiary/aromatic N) is 2. The number of para-hydroxylation sites is 2. The van der Waals surface area contributed by atoms with Crippen molar-refractivity contribution in [2.45, 2.75) is 0 Å². The second kappa shape index (κ2) is 6.63. The van der Waals surface area contributed by atoms with Crippen LogP contribution in [-0.2, 0) is 0 Å². The largest absolute Gasteiger partial charge is 0.495 e. The first-order valence-corrected chi connectivity index (χ1v) is 7.94. The highest BCUT2D eigenvalue weighted by atomic mass is 35.5. The van der Waals surface area contributed by atoms with Gasteiger partial charge in [-0.1, -0.05) is 35.3 Å². The number of ether oxygens (including phenoxy) is 1. The fraction of sp³-hybridized carbons (Fsp3) is 0.312. The van der Waals surface area contributed by atoms with Gasteiger partial charge in [0.1, 0.15) is 30.1 Å². The van der Waals surface area contributed by atoms with Crippen LogP contribution in [0.3, 0.4) is 0 Å². The van der Waals surface area contributed by atoms with Gasteiger partial charge in [0.25, 0.3) is 5.82 Å². The smallest absolute Gasteiger partial charge is 0.293 e. The van der Waals surface area contributed by atoms with E-state index in [1.807, 2.05) is 18.2 Å². The van der Waals surface area contributed by atoms with Crippen molar-refractivity contribution in [3.8, 4) is 5.75 Å². The van der Waals surface area contributed by atoms with E-state index in [-0.39, 0.29) is 0 Å². The molecule has 116 valence electrons. The number of H-pyrrole nitrogens is 1. The monoisotopic (exact) mass is 338 g/mol. The molecule has 6 heteroatoms. The van der Waals surface area contributed by atoms with E-state index in [0.717, 1.165) is 43.4 Å². The number of hydrogen-bond donors (Lipinski definition) is 0. The molecule has 0 unspecified atom stereocenters. The molecule has 4 nitrogen and oxygen atoms in total. The van der Waals surface area contributed by atoms with Crippen LogP contribution in [0.1, 0.15) is 0 Å². The lowest BCUT2D eigenvalue weighted by atomic mass is 10.2. The minimum Gasteiger partial charge on any atom is -0.495 e. The van der Waals surface area contributed by atoms with Crippen molar-refractivity contribution in [2.24, 2.45) is 0 Å². The van der Waals surface area contributed by atoms with E-state index in [1.165, 1.54) is 0 Å². The van der Waals surface area contributed by atoms with Gasteiger partial charge in [-0.2, -0.15) is 0 Å². The lowest BCUT2D eigenvalue weighted by Gasteiger charge is -2.33. The molecule has 1 aromatic carbocycles. The number of rotatable bonds is 3. The molecule has 2 heterocycles. The van der Waals surface area contributed by atoms with E-state index in [4.69, 9.17) is 27.9 Å². The third-order valence-corrected chi connectivity index (χ3v) is 4.37. The first-order valence-electron chi connectivity index (χ1n) is 7.18. The standard InChI is InChI=1S/C16H17Cl2N3O/c1-22-15-5-3-2-4-14(15)20-6-8-21(9-7-20)16-13(18)10-12(17)11-19-16/h2-5,10-11H,6-9H2,1H3/p+1. The highest BCUT2D eigenvalue weighted by molar-refractivity contribution is 6.35. The van der Waals surface area contributed by atoms with E-state index < -0.39 is 0 Å². The summed E-state index contributed by atoms with van der Waals surface area (Å²) in [5.41, 5.74) is 1.14. The van der Waals surface area contributed by atoms with Gasteiger partial charge in [0.15, 0.2) is 0 Å². The highest BCUT2D eigenvalue weighted by Crippen LogP contribution is 2.30. The number of aromatic amines is 1. The second-order valence-electron chi connectivity index (χ2n) is 5.16. The zero-order chi connectivity index (χ0) is 15.5. The Hall–Kier alpha value is -1.65. The van der Waals surface area contributed by atoms with Crippen LogP contribution in [0.25, 0.3) is 0 Å². The number of hydrogen-bond acceptors (Lipinski definition) is 3. The van der Waals surface area contributed by atoms with Crippen LogP contribution >= 0.6 is 23.2 Å². The topological polar surface area (TPSA) is 29.9 Å². The van der Waals surface area contributed by atoms with Gasteiger partial charge in [0.2, 0.25) is 0 Å². The zero-order valence-corrected chi connectivity index (χ0v) is 13.9. The molecule has 1 aromatic heterocycles. The Morgan fingerprint density at radius 2 is 1.73 bits per heavy atom. The Morgan fingerprint density at radius 3 is 2.41 bits per heavy atom. The van der Waals surface area contributed by atoms with Crippen LogP contribution in [0.4, 0.5) is 11.5 Å². The van der Waals surface area contributed by atoms with Crippen LogP contribution in [-0.4, -0.2) is 33.3 Å². The molecule has 0 bridgehead atoms. The van der Waals surface area contributed by atoms with Crippen LogP contribution in [0, 0.1) is 0 Å². The molecule has 0 saturated carbocycles. The zero-order valence-electron chi connectivity index (χ0n) is 12.4. The first-order chi connectivity index (χ1) is 10.7. The van der Waals surface area contributed by atoms with Crippen LogP contribution in [0.2, 0.25) is 10.0 Å². The number of anilines is 2. The molecule has 22 heavy (non-hydrogen) atoms. The Kier molecular flexibility index (Phi) is 4.60. The fourth-order valence-corrected chi connectivity index (χ4v) is 3.25. The Balaban J connectivity index is 1.72. The van der Waals surface area contributed by atoms with Crippen molar-refractivity contribution in [1.82, 2.24) is 0 Å². The average Bonchev–Trinajstić information content (AvgIpc) is 2.55. The third kappa shape index (κ3) is 3.08. The van der Waals surface area contributed by atoms with Gasteiger partial charge < -0.3 is 9.64 Å². The molecule has 0 radical (unpaired) electrons. The van der Waals surface area contributed by atoms with Crippen molar-refractivity contribution >= 4 is 34.7 Å². The Bertz CT molecular complexity index is 658. The Labute approximate surface area is 140 Å². The maximum atomic E-state index is 6.27. The molecule has 1 saturated heterocycles. The fourth-order valence-electron chi connectivity index (χ4n) is 2.74. The summed E-state index contributed by atoms with van der Waals surface area (Å²) in [7, 11) is 1.71. The number of nitrogens with one attached hydrogen (secondary N) is 1. The summed E-state index contributed by atoms with van der Waals surface area (Å²) >= 11 is 12.2. The van der Waals surface area contributed by atoms with Crippen molar-refractivity contribution in [1.29, 1.82) is 0 Å². The van der Waals surface area contributed by atoms with Gasteiger partial charge in [0, 0.05) is 0 Å². The molecule has 1 aliphatic heterocycles. The molecule has 0 amide bonds. The van der Waals surface area contributed by atoms with Crippen LogP contribution < -0.4 is 19.5 Å². The molecule has 0 aliphatic carbocycles. The number of aromatic nitrogens is 1. The molecular formula is C16H18Cl2N3O+. The summed E-state index contributed by atoms with van der Waals surface area (Å²) in [6.45, 7) is 3.59. The normalized spacial score (nSPS) is 15.0. The van der Waals surface area contributed by atoms with Crippen LogP contribution in [0.15, 0.2) is 36.5 Å². The number of halogens is 2. The van der Waals surface area contributed by atoms with Crippen molar-refractivity contribution < 1.29 is 9.72 Å². The minimum absolute atomic E-state index is 0.612. The first kappa shape index (κ1) is 15.3. The van der Waals surface area contributed by atoms with Crippen molar-refractivity contribution in [2.75, 3.05) is 43.1 Å². The van der Waals surface area contributed by atoms with E-state index in [1.54, 1.807) is 19.4 Å². The molecule has 2 aromatic rings. The number of piperazine rings is 1. The summed E-state index contributed by atoms with van der Waals surface area (Å²) in [4.78, 5) is 7.74. The molecule has 0 spiro atoms. The average molecular weight is 339 g/mol. The second-order valence-corrected chi connectivity index (χ2v) is 6.00. The summed E-state index contributed by atoms with van der Waals surface area (Å²) in [6.07, 6.45) is 1.76. The number of pyridine rings is 1. The van der Waals surface area contributed by atoms with Crippen molar-refractivity contribution in [3.63, 3.8) is 0 Å². The third-order valence-electron chi connectivity index (χ3n) is 3.86.